The van der Waals surface area contributed by atoms with E-state index in [4.69, 9.17) is 9.97 Å². The Morgan fingerprint density at radius 1 is 0.354 bits per heavy atom. The highest BCUT2D eigenvalue weighted by Crippen LogP contribution is 2.62. The number of benzene rings is 8. The quantitative estimate of drug-likeness (QED) is 0.153. The highest BCUT2D eigenvalue weighted by Gasteiger charge is 2.48. The van der Waals surface area contributed by atoms with Gasteiger partial charge in [-0.15, -0.1) is 0 Å². The lowest BCUT2D eigenvalue weighted by Gasteiger charge is -2.36. The van der Waals surface area contributed by atoms with Gasteiger partial charge in [0.05, 0.1) is 16.8 Å². The highest BCUT2D eigenvalue weighted by atomic mass is 15.2. The molecule has 314 valence electrons. The van der Waals surface area contributed by atoms with E-state index in [-0.39, 0.29) is 0 Å². The molecule has 2 aromatic heterocycles. The van der Waals surface area contributed by atoms with Crippen molar-refractivity contribution in [3.05, 3.63) is 250 Å². The SMILES string of the molecule is Cc1ccc(N(c2cc(C)nc(C)c2)c2cc3c(c4ccccc24)-c2ccc4c(N(c5ccc(C)cc5)c5cc(C)nc(C)c5)cccc4c2C3(c2ccccc2)c2ccccc2)cc1. The Bertz CT molecular complexity index is 3350. The summed E-state index contributed by atoms with van der Waals surface area (Å²) in [6, 6.07) is 72.2. The first kappa shape index (κ1) is 40.0. The molecule has 0 saturated carbocycles. The van der Waals surface area contributed by atoms with Crippen molar-refractivity contribution in [1.82, 2.24) is 9.97 Å². The fraction of sp³-hybridized carbons (Fsp3) is 0.115. The van der Waals surface area contributed by atoms with Crippen LogP contribution in [0.4, 0.5) is 34.1 Å². The second-order valence-electron chi connectivity index (χ2n) is 17.8. The number of anilines is 6. The number of nitrogens with zero attached hydrogens (tertiary/aromatic N) is 4. The molecule has 0 fully saturated rings. The molecule has 0 amide bonds. The van der Waals surface area contributed by atoms with Gasteiger partial charge in [0.1, 0.15) is 0 Å². The van der Waals surface area contributed by atoms with Crippen LogP contribution >= 0.6 is 0 Å². The normalized spacial score (nSPS) is 12.6. The van der Waals surface area contributed by atoms with Crippen LogP contribution in [0.15, 0.2) is 194 Å². The molecule has 1 aliphatic carbocycles. The lowest BCUT2D eigenvalue weighted by atomic mass is 9.66. The molecule has 4 nitrogen and oxygen atoms in total. The zero-order chi connectivity index (χ0) is 44.4. The first-order valence-electron chi connectivity index (χ1n) is 22.6. The van der Waals surface area contributed by atoms with Gasteiger partial charge in [0.2, 0.25) is 0 Å². The van der Waals surface area contributed by atoms with Crippen LogP contribution in [0, 0.1) is 41.5 Å². The standard InChI is InChI=1S/C61H50N4/c1-39-24-28-47(29-25-39)64(49-34-41(3)62-42(4)35-49)57-23-15-22-54-52(57)32-33-55-59-53-21-14-13-20-51(53)58(65(48-30-26-40(2)27-31-48)50-36-43(5)63-44(6)37-50)38-56(59)61(60(54)55,45-16-9-7-10-17-45)46-18-11-8-12-19-46/h7-38H,1-6H3. The van der Waals surface area contributed by atoms with Crippen LogP contribution in [0.2, 0.25) is 0 Å². The predicted molar refractivity (Wildman–Crippen MR) is 272 cm³/mol. The Balaban J connectivity index is 1.29. The molecule has 0 radical (unpaired) electrons. The summed E-state index contributed by atoms with van der Waals surface area (Å²) in [5.74, 6) is 0. The Morgan fingerprint density at radius 2 is 0.800 bits per heavy atom. The summed E-state index contributed by atoms with van der Waals surface area (Å²) < 4.78 is 0. The van der Waals surface area contributed by atoms with E-state index < -0.39 is 5.41 Å². The van der Waals surface area contributed by atoms with Crippen molar-refractivity contribution < 1.29 is 0 Å². The molecule has 0 N–H and O–H groups in total. The molecular formula is C61H50N4. The summed E-state index contributed by atoms with van der Waals surface area (Å²) >= 11 is 0. The molecule has 0 bridgehead atoms. The minimum Gasteiger partial charge on any atom is -0.310 e. The van der Waals surface area contributed by atoms with Crippen LogP contribution in [-0.2, 0) is 5.41 Å². The van der Waals surface area contributed by atoms with E-state index in [1.165, 1.54) is 66.1 Å². The topological polar surface area (TPSA) is 32.3 Å². The molecule has 0 spiro atoms. The maximum absolute atomic E-state index is 4.83. The van der Waals surface area contributed by atoms with Gasteiger partial charge in [-0.25, -0.2) is 0 Å². The number of hydrogen-bond acceptors (Lipinski definition) is 4. The first-order chi connectivity index (χ1) is 31.7. The number of aromatic nitrogens is 2. The number of aryl methyl sites for hydroxylation is 6. The van der Waals surface area contributed by atoms with Crippen LogP contribution in [0.25, 0.3) is 32.7 Å². The molecular weight excluding hydrogens is 789 g/mol. The van der Waals surface area contributed by atoms with Gasteiger partial charge in [-0.2, -0.15) is 0 Å². The largest absolute Gasteiger partial charge is 0.310 e. The van der Waals surface area contributed by atoms with E-state index in [9.17, 15) is 0 Å². The third-order valence-electron chi connectivity index (χ3n) is 13.2. The van der Waals surface area contributed by atoms with Crippen LogP contribution in [0.5, 0.6) is 0 Å². The summed E-state index contributed by atoms with van der Waals surface area (Å²) in [5, 5.41) is 4.79. The number of rotatable bonds is 8. The lowest BCUT2D eigenvalue weighted by Crippen LogP contribution is -2.29. The average molecular weight is 839 g/mol. The number of pyridine rings is 2. The molecule has 0 saturated heterocycles. The van der Waals surface area contributed by atoms with Crippen LogP contribution in [0.3, 0.4) is 0 Å². The molecule has 0 aliphatic heterocycles. The third-order valence-corrected chi connectivity index (χ3v) is 13.2. The molecule has 8 aromatic carbocycles. The lowest BCUT2D eigenvalue weighted by molar-refractivity contribution is 0.776. The van der Waals surface area contributed by atoms with Gasteiger partial charge in [-0.3, -0.25) is 9.97 Å². The Labute approximate surface area is 382 Å². The zero-order valence-electron chi connectivity index (χ0n) is 37.8. The summed E-state index contributed by atoms with van der Waals surface area (Å²) in [6.45, 7) is 12.6. The van der Waals surface area contributed by atoms with Gasteiger partial charge < -0.3 is 9.80 Å². The third kappa shape index (κ3) is 6.59. The van der Waals surface area contributed by atoms with Crippen molar-refractivity contribution in [3.8, 4) is 11.1 Å². The molecule has 10 aromatic rings. The van der Waals surface area contributed by atoms with Crippen molar-refractivity contribution in [2.24, 2.45) is 0 Å². The molecule has 4 heteroatoms. The molecule has 65 heavy (non-hydrogen) atoms. The van der Waals surface area contributed by atoms with Gasteiger partial charge in [-0.05, 0) is 146 Å². The molecule has 11 rings (SSSR count). The average Bonchev–Trinajstić information content (AvgIpc) is 3.62. The first-order valence-corrected chi connectivity index (χ1v) is 22.6. The van der Waals surface area contributed by atoms with E-state index in [0.29, 0.717) is 0 Å². The van der Waals surface area contributed by atoms with Crippen molar-refractivity contribution >= 4 is 55.7 Å². The maximum Gasteiger partial charge on any atom is 0.0720 e. The van der Waals surface area contributed by atoms with Crippen molar-refractivity contribution in [2.75, 3.05) is 9.80 Å². The summed E-state index contributed by atoms with van der Waals surface area (Å²) in [4.78, 5) is 14.5. The second-order valence-corrected chi connectivity index (χ2v) is 17.8. The Kier molecular flexibility index (Phi) is 9.70. The second kappa shape index (κ2) is 15.8. The van der Waals surface area contributed by atoms with Gasteiger partial charge in [0.25, 0.3) is 0 Å². The van der Waals surface area contributed by atoms with Gasteiger partial charge in [0, 0.05) is 56.3 Å². The van der Waals surface area contributed by atoms with E-state index in [2.05, 4.69) is 245 Å². The molecule has 0 atom stereocenters. The van der Waals surface area contributed by atoms with Crippen LogP contribution in [0.1, 0.15) is 56.2 Å². The fourth-order valence-corrected chi connectivity index (χ4v) is 10.7. The molecule has 0 unspecified atom stereocenters. The van der Waals surface area contributed by atoms with E-state index in [0.717, 1.165) is 56.9 Å². The minimum absolute atomic E-state index is 0.703. The summed E-state index contributed by atoms with van der Waals surface area (Å²) in [7, 11) is 0. The van der Waals surface area contributed by atoms with E-state index >= 15 is 0 Å². The number of hydrogen-bond donors (Lipinski definition) is 0. The van der Waals surface area contributed by atoms with Gasteiger partial charge in [-0.1, -0.05) is 145 Å². The Hall–Kier alpha value is -7.82. The van der Waals surface area contributed by atoms with Gasteiger partial charge >= 0.3 is 0 Å². The zero-order valence-corrected chi connectivity index (χ0v) is 37.8. The van der Waals surface area contributed by atoms with Crippen molar-refractivity contribution in [1.29, 1.82) is 0 Å². The monoisotopic (exact) mass is 838 g/mol. The Morgan fingerprint density at radius 3 is 1.32 bits per heavy atom. The van der Waals surface area contributed by atoms with Crippen LogP contribution < -0.4 is 9.80 Å². The molecule has 1 aliphatic rings. The fourth-order valence-electron chi connectivity index (χ4n) is 10.7. The number of fused-ring (bicyclic) bond motifs is 7. The highest BCUT2D eigenvalue weighted by molar-refractivity contribution is 6.15. The predicted octanol–water partition coefficient (Wildman–Crippen LogP) is 15.9. The maximum atomic E-state index is 4.83. The summed E-state index contributed by atoms with van der Waals surface area (Å²) in [5.41, 5.74) is 19.8. The smallest absolute Gasteiger partial charge is 0.0720 e. The van der Waals surface area contributed by atoms with Crippen molar-refractivity contribution in [3.63, 3.8) is 0 Å². The van der Waals surface area contributed by atoms with E-state index in [1.807, 2.05) is 0 Å². The molecule has 2 heterocycles. The van der Waals surface area contributed by atoms with E-state index in [1.54, 1.807) is 0 Å². The van der Waals surface area contributed by atoms with Crippen LogP contribution in [-0.4, -0.2) is 9.97 Å². The van der Waals surface area contributed by atoms with Gasteiger partial charge in [0.15, 0.2) is 0 Å². The van der Waals surface area contributed by atoms with Crippen molar-refractivity contribution in [2.45, 2.75) is 47.0 Å². The summed E-state index contributed by atoms with van der Waals surface area (Å²) in [6.07, 6.45) is 0. The minimum atomic E-state index is -0.703.